The second-order valence-electron chi connectivity index (χ2n) is 2.73. The fraction of sp³-hybridized carbons (Fsp3) is 1.00. The van der Waals surface area contributed by atoms with Crippen molar-refractivity contribution < 1.29 is 24.1 Å². The van der Waals surface area contributed by atoms with Gasteiger partial charge in [-0.1, -0.05) is 22.3 Å². The maximum Gasteiger partial charge on any atom is 0.149 e. The fourth-order valence-corrected chi connectivity index (χ4v) is 0.882. The van der Waals surface area contributed by atoms with E-state index in [-0.39, 0.29) is 35.9 Å². The van der Waals surface area contributed by atoms with Gasteiger partial charge in [-0.2, -0.15) is 0 Å². The number of ether oxygens (including phenoxy) is 4. The van der Waals surface area contributed by atoms with E-state index in [2.05, 4.69) is 9.47 Å². The molecule has 0 aliphatic carbocycles. The third kappa shape index (κ3) is 25.8. The average molecular weight is 256 g/mol. The molecule has 0 radical (unpaired) electrons. The quantitative estimate of drug-likeness (QED) is 0.621. The highest BCUT2D eigenvalue weighted by Crippen LogP contribution is 1.99. The van der Waals surface area contributed by atoms with Crippen LogP contribution in [0.25, 0.3) is 0 Å². The van der Waals surface area contributed by atoms with Gasteiger partial charge in [-0.25, -0.2) is 0 Å². The Morgan fingerprint density at radius 3 is 1.88 bits per heavy atom. The van der Waals surface area contributed by atoms with Crippen molar-refractivity contribution in [2.24, 2.45) is 0 Å². The minimum Gasteiger partial charge on any atom is -0.371 e. The number of hydrogen-bond donors (Lipinski definition) is 1. The van der Waals surface area contributed by atoms with Crippen LogP contribution in [-0.2, 0) is 18.9 Å². The summed E-state index contributed by atoms with van der Waals surface area (Å²) >= 11 is 0. The summed E-state index contributed by atoms with van der Waals surface area (Å²) in [6.07, 6.45) is 3.65. The molecule has 0 spiro atoms. The maximum atomic E-state index is 7.90. The van der Waals surface area contributed by atoms with Gasteiger partial charge in [0.05, 0.1) is 0 Å². The third-order valence-electron chi connectivity index (χ3n) is 1.54. The molecule has 1 saturated heterocycles. The van der Waals surface area contributed by atoms with Crippen LogP contribution in [0.15, 0.2) is 0 Å². The van der Waals surface area contributed by atoms with Crippen LogP contribution in [0.4, 0.5) is 0 Å². The zero-order chi connectivity index (χ0) is 10.5. The van der Waals surface area contributed by atoms with E-state index in [0.717, 1.165) is 13.2 Å². The number of rotatable bonds is 3. The molecule has 1 aliphatic heterocycles. The summed E-state index contributed by atoms with van der Waals surface area (Å²) in [4.78, 5) is 0. The topological polar surface area (TPSA) is 57.2 Å². The number of hydrogen-bond acceptors (Lipinski definition) is 5. The van der Waals surface area contributed by atoms with Crippen LogP contribution in [0.3, 0.4) is 0 Å². The van der Waals surface area contributed by atoms with E-state index in [0.29, 0.717) is 6.79 Å². The van der Waals surface area contributed by atoms with Gasteiger partial charge in [0.2, 0.25) is 0 Å². The summed E-state index contributed by atoms with van der Waals surface area (Å²) in [7, 11) is 1.50. The molecule has 0 amide bonds. The van der Waals surface area contributed by atoms with Gasteiger partial charge in [0.1, 0.15) is 20.4 Å². The largest absolute Gasteiger partial charge is 0.371 e. The van der Waals surface area contributed by atoms with Crippen LogP contribution in [0, 0.1) is 0 Å². The summed E-state index contributed by atoms with van der Waals surface area (Å²) in [5.74, 6) is 0. The first-order valence-electron chi connectivity index (χ1n) is 4.75. The first-order chi connectivity index (χ1) is 6.91. The lowest BCUT2D eigenvalue weighted by Crippen LogP contribution is -2.06. The van der Waals surface area contributed by atoms with Crippen molar-refractivity contribution in [3.05, 3.63) is 0 Å². The van der Waals surface area contributed by atoms with Gasteiger partial charge in [-0.3, -0.25) is 0 Å². The molecule has 110 valence electrons. The summed E-state index contributed by atoms with van der Waals surface area (Å²) in [5, 5.41) is 7.90. The lowest BCUT2D eigenvalue weighted by Gasteiger charge is -2.08. The van der Waals surface area contributed by atoms with Crippen molar-refractivity contribution in [1.29, 1.82) is 0 Å². The molecule has 5 heteroatoms. The Balaban J connectivity index is -0.0000000873. The van der Waals surface area contributed by atoms with Gasteiger partial charge in [0.15, 0.2) is 0 Å². The molecule has 1 rings (SSSR count). The Morgan fingerprint density at radius 1 is 1.00 bits per heavy atom. The third-order valence-corrected chi connectivity index (χ3v) is 1.54. The molecule has 0 atom stereocenters. The summed E-state index contributed by atoms with van der Waals surface area (Å²) in [6, 6.07) is 0. The highest BCUT2D eigenvalue weighted by Gasteiger charge is 1.94. The molecule has 0 bridgehead atoms. The van der Waals surface area contributed by atoms with Crippen LogP contribution in [0.1, 0.15) is 41.5 Å². The molecule has 1 aliphatic rings. The van der Waals surface area contributed by atoms with Crippen LogP contribution < -0.4 is 0 Å². The molecule has 5 nitrogen and oxygen atoms in total. The van der Waals surface area contributed by atoms with Gasteiger partial charge in [0.25, 0.3) is 0 Å². The smallest absolute Gasteiger partial charge is 0.149 e. The molecule has 1 N–H and O–H groups in total. The highest BCUT2D eigenvalue weighted by molar-refractivity contribution is 4.41. The van der Waals surface area contributed by atoms with Crippen LogP contribution >= 0.6 is 0 Å². The Labute approximate surface area is 107 Å². The average Bonchev–Trinajstić information content (AvgIpc) is 2.14. The number of aliphatic hydroxyl groups is 1. The Hall–Kier alpha value is -0.200. The van der Waals surface area contributed by atoms with E-state index in [1.807, 2.05) is 0 Å². The second-order valence-corrected chi connectivity index (χ2v) is 2.73. The fourth-order valence-electron chi connectivity index (χ4n) is 0.882. The minimum absolute atomic E-state index is 0. The molecular formula is C12H32O5. The first-order valence-corrected chi connectivity index (χ1v) is 4.75. The van der Waals surface area contributed by atoms with E-state index < -0.39 is 0 Å². The van der Waals surface area contributed by atoms with Crippen molar-refractivity contribution in [2.45, 2.75) is 41.5 Å². The monoisotopic (exact) mass is 256 g/mol. The van der Waals surface area contributed by atoms with Gasteiger partial charge in [-0.15, -0.1) is 0 Å². The molecule has 1 fully saturated rings. The van der Waals surface area contributed by atoms with E-state index >= 15 is 0 Å². The lowest BCUT2D eigenvalue weighted by molar-refractivity contribution is -0.0931. The minimum atomic E-state index is -0.270. The van der Waals surface area contributed by atoms with Crippen molar-refractivity contribution in [3.63, 3.8) is 0 Å². The van der Waals surface area contributed by atoms with Crippen molar-refractivity contribution >= 4 is 0 Å². The van der Waals surface area contributed by atoms with E-state index in [1.54, 1.807) is 0 Å². The first kappa shape index (κ1) is 25.6. The molecule has 0 aromatic heterocycles. The predicted octanol–water partition coefficient (Wildman–Crippen LogP) is 2.63. The summed E-state index contributed by atoms with van der Waals surface area (Å²) < 4.78 is 18.8. The summed E-state index contributed by atoms with van der Waals surface area (Å²) in [5.41, 5.74) is 0. The molecule has 0 aromatic carbocycles. The standard InChI is InChI=1S/C6H12O2.C3H8O3.3CH4/c1-2-4-7-6-8-5-3-1;1-5-3-6-2-4;;;/h1-6H2;4H,2-3H2,1H3;3*1H4. The van der Waals surface area contributed by atoms with Gasteiger partial charge < -0.3 is 24.1 Å². The van der Waals surface area contributed by atoms with Crippen molar-refractivity contribution in [2.75, 3.05) is 40.7 Å². The summed E-state index contributed by atoms with van der Waals surface area (Å²) in [6.45, 7) is 2.14. The molecule has 0 saturated carbocycles. The SMILES string of the molecule is C.C.C.C1CCOCOCC1.COCOCO. The van der Waals surface area contributed by atoms with Crippen molar-refractivity contribution in [3.8, 4) is 0 Å². The zero-order valence-corrected chi connectivity index (χ0v) is 8.74. The highest BCUT2D eigenvalue weighted by atomic mass is 16.7. The van der Waals surface area contributed by atoms with E-state index in [4.69, 9.17) is 14.6 Å². The lowest BCUT2D eigenvalue weighted by atomic mass is 10.2. The van der Waals surface area contributed by atoms with Gasteiger partial charge in [0, 0.05) is 20.3 Å². The Morgan fingerprint density at radius 2 is 1.53 bits per heavy atom. The van der Waals surface area contributed by atoms with Crippen LogP contribution in [0.2, 0.25) is 0 Å². The predicted molar refractivity (Wildman–Crippen MR) is 70.9 cm³/mol. The van der Waals surface area contributed by atoms with Crippen LogP contribution in [-0.4, -0.2) is 45.8 Å². The molecule has 0 aromatic rings. The van der Waals surface area contributed by atoms with Gasteiger partial charge >= 0.3 is 0 Å². The molecule has 1 heterocycles. The number of aliphatic hydroxyl groups excluding tert-OH is 1. The molecular weight excluding hydrogens is 224 g/mol. The molecule has 0 unspecified atom stereocenters. The van der Waals surface area contributed by atoms with Crippen molar-refractivity contribution in [1.82, 2.24) is 0 Å². The zero-order valence-electron chi connectivity index (χ0n) is 8.74. The van der Waals surface area contributed by atoms with Gasteiger partial charge in [-0.05, 0) is 19.3 Å². The van der Waals surface area contributed by atoms with E-state index in [1.165, 1.54) is 26.4 Å². The molecule has 17 heavy (non-hydrogen) atoms. The number of methoxy groups -OCH3 is 1. The van der Waals surface area contributed by atoms with E-state index in [9.17, 15) is 0 Å². The Kier molecular flexibility index (Phi) is 37.4. The normalized spacial score (nSPS) is 14.5. The second kappa shape index (κ2) is 24.9. The Bertz CT molecular complexity index is 72.9. The van der Waals surface area contributed by atoms with Crippen LogP contribution in [0.5, 0.6) is 0 Å². The maximum absolute atomic E-state index is 7.90.